The van der Waals surface area contributed by atoms with Crippen molar-refractivity contribution in [2.45, 2.75) is 32.6 Å². The van der Waals surface area contributed by atoms with Crippen LogP contribution in [0, 0.1) is 0 Å². The van der Waals surface area contributed by atoms with Gasteiger partial charge in [0.25, 0.3) is 0 Å². The van der Waals surface area contributed by atoms with Crippen LogP contribution in [-0.2, 0) is 12.8 Å². The number of benzene rings is 3. The highest BCUT2D eigenvalue weighted by Gasteiger charge is 2.14. The Balaban J connectivity index is 1.74. The van der Waals surface area contributed by atoms with Crippen LogP contribution < -0.4 is 10.5 Å². The van der Waals surface area contributed by atoms with Crippen LogP contribution >= 0.6 is 0 Å². The van der Waals surface area contributed by atoms with E-state index in [4.69, 9.17) is 10.5 Å². The molecule has 4 rings (SSSR count). The van der Waals surface area contributed by atoms with Crippen molar-refractivity contribution in [1.82, 2.24) is 4.98 Å². The van der Waals surface area contributed by atoms with Gasteiger partial charge in [0.05, 0.1) is 0 Å². The molecule has 148 valence electrons. The van der Waals surface area contributed by atoms with Crippen LogP contribution in [-0.4, -0.2) is 11.5 Å². The van der Waals surface area contributed by atoms with Gasteiger partial charge in [0.2, 0.25) is 0 Å². The number of nitrogens with two attached hydrogens (primary N) is 1. The summed E-state index contributed by atoms with van der Waals surface area (Å²) in [7, 11) is 0. The molecule has 0 radical (unpaired) electrons. The summed E-state index contributed by atoms with van der Waals surface area (Å²) in [5, 5.41) is 1.32. The predicted molar refractivity (Wildman–Crippen MR) is 122 cm³/mol. The van der Waals surface area contributed by atoms with Gasteiger partial charge in [0.15, 0.2) is 0 Å². The predicted octanol–water partition coefficient (Wildman–Crippen LogP) is 6.47. The van der Waals surface area contributed by atoms with E-state index in [1.54, 1.807) is 0 Å². The van der Waals surface area contributed by atoms with Crippen molar-refractivity contribution in [3.05, 3.63) is 83.9 Å². The lowest BCUT2D eigenvalue weighted by atomic mass is 9.99. The highest BCUT2D eigenvalue weighted by atomic mass is 16.5. The van der Waals surface area contributed by atoms with Crippen LogP contribution in [0.4, 0.5) is 0 Å². The average Bonchev–Trinajstić information content (AvgIpc) is 3.12. The molecule has 0 saturated carbocycles. The fourth-order valence-corrected chi connectivity index (χ4v) is 3.81. The van der Waals surface area contributed by atoms with Gasteiger partial charge in [0, 0.05) is 22.2 Å². The monoisotopic (exact) mass is 384 g/mol. The zero-order valence-corrected chi connectivity index (χ0v) is 16.9. The van der Waals surface area contributed by atoms with E-state index >= 15 is 0 Å². The normalized spacial score (nSPS) is 11.1. The smallest absolute Gasteiger partial charge is 0.128 e. The molecule has 3 heteroatoms. The van der Waals surface area contributed by atoms with Crippen molar-refractivity contribution in [1.29, 1.82) is 0 Å². The molecule has 0 spiro atoms. The number of unbranched alkanes of at least 4 members (excludes halogenated alkanes) is 1. The van der Waals surface area contributed by atoms with Gasteiger partial charge in [-0.25, -0.2) is 0 Å². The van der Waals surface area contributed by atoms with Crippen molar-refractivity contribution in [3.8, 4) is 22.8 Å². The summed E-state index contributed by atoms with van der Waals surface area (Å²) >= 11 is 0. The summed E-state index contributed by atoms with van der Waals surface area (Å²) in [5.41, 5.74) is 12.0. The van der Waals surface area contributed by atoms with Crippen molar-refractivity contribution in [3.63, 3.8) is 0 Å². The quantitative estimate of drug-likeness (QED) is 0.342. The number of H-pyrrole nitrogens is 1. The lowest BCUT2D eigenvalue weighted by Gasteiger charge is -2.09. The molecule has 1 aromatic heterocycles. The highest BCUT2D eigenvalue weighted by Crippen LogP contribution is 2.34. The maximum atomic E-state index is 6.06. The number of hydrogen-bond acceptors (Lipinski definition) is 2. The molecule has 0 fully saturated rings. The Morgan fingerprint density at radius 2 is 1.69 bits per heavy atom. The minimum absolute atomic E-state index is 0.734. The third-order valence-electron chi connectivity index (χ3n) is 5.36. The number of aromatic nitrogens is 1. The van der Waals surface area contributed by atoms with E-state index in [2.05, 4.69) is 48.3 Å². The molecular formula is C26H28N2O. The number of aromatic amines is 1. The van der Waals surface area contributed by atoms with Crippen molar-refractivity contribution in [2.24, 2.45) is 5.73 Å². The molecule has 0 aliphatic heterocycles. The second-order valence-corrected chi connectivity index (χ2v) is 7.40. The highest BCUT2D eigenvalue weighted by molar-refractivity contribution is 5.91. The molecule has 0 aliphatic carbocycles. The van der Waals surface area contributed by atoms with Gasteiger partial charge >= 0.3 is 0 Å². The SMILES string of the molecule is CCc1ccc2[nH]c(-c3cccc(Oc4ccccc4)c3)c(CCCCN)c2c1. The number of rotatable bonds is 8. The zero-order valence-electron chi connectivity index (χ0n) is 16.9. The van der Waals surface area contributed by atoms with Crippen LogP contribution in [0.3, 0.4) is 0 Å². The molecule has 0 amide bonds. The summed E-state index contributed by atoms with van der Waals surface area (Å²) in [6.45, 7) is 2.94. The van der Waals surface area contributed by atoms with E-state index in [9.17, 15) is 0 Å². The second kappa shape index (κ2) is 8.97. The number of ether oxygens (including phenoxy) is 1. The largest absolute Gasteiger partial charge is 0.457 e. The number of para-hydroxylation sites is 1. The molecule has 3 aromatic carbocycles. The molecule has 0 unspecified atom stereocenters. The molecule has 4 aromatic rings. The lowest BCUT2D eigenvalue weighted by molar-refractivity contribution is 0.483. The Bertz CT molecular complexity index is 1080. The minimum Gasteiger partial charge on any atom is -0.457 e. The van der Waals surface area contributed by atoms with E-state index < -0.39 is 0 Å². The van der Waals surface area contributed by atoms with Gasteiger partial charge in [0.1, 0.15) is 11.5 Å². The first kappa shape index (κ1) is 19.3. The Morgan fingerprint density at radius 1 is 0.862 bits per heavy atom. The van der Waals surface area contributed by atoms with Gasteiger partial charge in [-0.15, -0.1) is 0 Å². The first-order chi connectivity index (χ1) is 14.3. The van der Waals surface area contributed by atoms with Crippen LogP contribution in [0.1, 0.15) is 30.9 Å². The Hall–Kier alpha value is -3.04. The lowest BCUT2D eigenvalue weighted by Crippen LogP contribution is -1.99. The van der Waals surface area contributed by atoms with Gasteiger partial charge in [-0.3, -0.25) is 0 Å². The maximum Gasteiger partial charge on any atom is 0.128 e. The van der Waals surface area contributed by atoms with Gasteiger partial charge < -0.3 is 15.5 Å². The van der Waals surface area contributed by atoms with E-state index in [1.807, 2.05) is 36.4 Å². The Kier molecular flexibility index (Phi) is 5.97. The Morgan fingerprint density at radius 3 is 2.48 bits per heavy atom. The van der Waals surface area contributed by atoms with Crippen LogP contribution in [0.5, 0.6) is 11.5 Å². The van der Waals surface area contributed by atoms with Crippen molar-refractivity contribution in [2.75, 3.05) is 6.54 Å². The van der Waals surface area contributed by atoms with Crippen LogP contribution in [0.15, 0.2) is 72.8 Å². The third-order valence-corrected chi connectivity index (χ3v) is 5.36. The fraction of sp³-hybridized carbons (Fsp3) is 0.231. The Labute approximate surface area is 172 Å². The standard InChI is InChI=1S/C26H28N2O/c1-2-19-14-15-25-24(17-19)23(13-6-7-16-27)26(28-25)20-9-8-12-22(18-20)29-21-10-4-3-5-11-21/h3-5,8-12,14-15,17-18,28H,2,6-7,13,16,27H2,1H3. The van der Waals surface area contributed by atoms with Gasteiger partial charge in [-0.2, -0.15) is 0 Å². The summed E-state index contributed by atoms with van der Waals surface area (Å²) < 4.78 is 6.06. The molecule has 29 heavy (non-hydrogen) atoms. The fourth-order valence-electron chi connectivity index (χ4n) is 3.81. The summed E-state index contributed by atoms with van der Waals surface area (Å²) in [4.78, 5) is 3.66. The minimum atomic E-state index is 0.734. The molecule has 1 heterocycles. The summed E-state index contributed by atoms with van der Waals surface area (Å²) in [6.07, 6.45) is 4.19. The van der Waals surface area contributed by atoms with Gasteiger partial charge in [-0.1, -0.05) is 43.3 Å². The van der Waals surface area contributed by atoms with Crippen LogP contribution in [0.25, 0.3) is 22.2 Å². The van der Waals surface area contributed by atoms with Gasteiger partial charge in [-0.05, 0) is 79.8 Å². The summed E-state index contributed by atoms with van der Waals surface area (Å²) in [6, 6.07) is 25.0. The molecular weight excluding hydrogens is 356 g/mol. The van der Waals surface area contributed by atoms with Crippen molar-refractivity contribution < 1.29 is 4.74 Å². The van der Waals surface area contributed by atoms with E-state index in [0.29, 0.717) is 0 Å². The number of hydrogen-bond donors (Lipinski definition) is 2. The summed E-state index contributed by atoms with van der Waals surface area (Å²) in [5.74, 6) is 1.69. The number of aryl methyl sites for hydroxylation is 2. The first-order valence-corrected chi connectivity index (χ1v) is 10.5. The number of fused-ring (bicyclic) bond motifs is 1. The maximum absolute atomic E-state index is 6.06. The third kappa shape index (κ3) is 4.36. The van der Waals surface area contributed by atoms with E-state index in [0.717, 1.165) is 49.3 Å². The molecule has 0 saturated heterocycles. The average molecular weight is 385 g/mol. The van der Waals surface area contributed by atoms with E-state index in [1.165, 1.54) is 27.7 Å². The molecule has 0 atom stereocenters. The molecule has 0 aliphatic rings. The zero-order chi connectivity index (χ0) is 20.1. The van der Waals surface area contributed by atoms with Crippen molar-refractivity contribution >= 4 is 10.9 Å². The topological polar surface area (TPSA) is 51.0 Å². The molecule has 3 N–H and O–H groups in total. The first-order valence-electron chi connectivity index (χ1n) is 10.5. The number of nitrogens with one attached hydrogen (secondary N) is 1. The second-order valence-electron chi connectivity index (χ2n) is 7.40. The van der Waals surface area contributed by atoms with Crippen LogP contribution in [0.2, 0.25) is 0 Å². The molecule has 0 bridgehead atoms. The molecule has 3 nitrogen and oxygen atoms in total. The van der Waals surface area contributed by atoms with E-state index in [-0.39, 0.29) is 0 Å².